The molecule has 0 fully saturated rings. The number of carbonyl (C=O) groups excluding carboxylic acids is 1. The Balaban J connectivity index is 2.62. The van der Waals surface area contributed by atoms with Crippen LogP contribution in [-0.2, 0) is 0 Å². The van der Waals surface area contributed by atoms with Gasteiger partial charge in [-0.05, 0) is 27.9 Å². The highest BCUT2D eigenvalue weighted by Gasteiger charge is 2.10. The molecule has 18 heavy (non-hydrogen) atoms. The number of rotatable bonds is 4. The van der Waals surface area contributed by atoms with Crippen molar-refractivity contribution in [3.05, 3.63) is 27.4 Å². The molecule has 0 aliphatic carbocycles. The van der Waals surface area contributed by atoms with Crippen LogP contribution >= 0.6 is 27.5 Å². The van der Waals surface area contributed by atoms with E-state index >= 15 is 0 Å². The summed E-state index contributed by atoms with van der Waals surface area (Å²) in [7, 11) is 0. The van der Waals surface area contributed by atoms with E-state index < -0.39 is 11.8 Å². The molecule has 0 aliphatic rings. The van der Waals surface area contributed by atoms with E-state index in [1.54, 1.807) is 6.92 Å². The highest BCUT2D eigenvalue weighted by molar-refractivity contribution is 9.10. The van der Waals surface area contributed by atoms with Gasteiger partial charge in [0.25, 0.3) is 0 Å². The van der Waals surface area contributed by atoms with Crippen LogP contribution in [0.25, 0.3) is 0 Å². The summed E-state index contributed by atoms with van der Waals surface area (Å²) in [6.07, 6.45) is 0. The zero-order chi connectivity index (χ0) is 13.7. The van der Waals surface area contributed by atoms with Gasteiger partial charge in [0.05, 0.1) is 15.2 Å². The predicted molar refractivity (Wildman–Crippen MR) is 72.4 cm³/mol. The first-order chi connectivity index (χ1) is 8.43. The minimum atomic E-state index is -0.515. The first kappa shape index (κ1) is 15.2. The van der Waals surface area contributed by atoms with E-state index in [9.17, 15) is 9.18 Å². The van der Waals surface area contributed by atoms with E-state index in [4.69, 9.17) is 16.7 Å². The summed E-state index contributed by atoms with van der Waals surface area (Å²) in [4.78, 5) is 11.5. The Kier molecular flexibility index (Phi) is 5.84. The maximum absolute atomic E-state index is 13.3. The number of amides is 2. The third-order valence-electron chi connectivity index (χ3n) is 2.18. The average molecular weight is 340 g/mol. The molecule has 100 valence electrons. The van der Waals surface area contributed by atoms with Crippen LogP contribution in [-0.4, -0.2) is 24.3 Å². The summed E-state index contributed by atoms with van der Waals surface area (Å²) in [6, 6.07) is 1.99. The molecule has 0 aliphatic heterocycles. The van der Waals surface area contributed by atoms with Gasteiger partial charge >= 0.3 is 6.03 Å². The summed E-state index contributed by atoms with van der Waals surface area (Å²) < 4.78 is 13.5. The Morgan fingerprint density at radius 1 is 1.61 bits per heavy atom. The summed E-state index contributed by atoms with van der Waals surface area (Å²) in [5.74, 6) is -0.564. The smallest absolute Gasteiger partial charge is 0.319 e. The molecule has 1 rings (SSSR count). The van der Waals surface area contributed by atoms with Crippen molar-refractivity contribution in [1.29, 1.82) is 0 Å². The van der Waals surface area contributed by atoms with Crippen molar-refractivity contribution in [1.82, 2.24) is 5.32 Å². The zero-order valence-electron chi connectivity index (χ0n) is 9.64. The lowest BCUT2D eigenvalue weighted by molar-refractivity contribution is 0.227. The van der Waals surface area contributed by atoms with Crippen molar-refractivity contribution in [2.75, 3.05) is 18.5 Å². The van der Waals surface area contributed by atoms with Crippen LogP contribution in [0.3, 0.4) is 0 Å². The molecule has 1 unspecified atom stereocenters. The first-order valence-electron chi connectivity index (χ1n) is 5.24. The second kappa shape index (κ2) is 6.92. The molecule has 1 aromatic carbocycles. The minimum Gasteiger partial charge on any atom is -0.396 e. The monoisotopic (exact) mass is 338 g/mol. The van der Waals surface area contributed by atoms with Crippen LogP contribution < -0.4 is 10.6 Å². The fraction of sp³-hybridized carbons (Fsp3) is 0.364. The quantitative estimate of drug-likeness (QED) is 0.739. The third kappa shape index (κ3) is 4.44. The van der Waals surface area contributed by atoms with Crippen LogP contribution in [0.5, 0.6) is 0 Å². The number of hydrogen-bond acceptors (Lipinski definition) is 2. The Hall–Kier alpha value is -0.850. The van der Waals surface area contributed by atoms with Crippen LogP contribution in [0.2, 0.25) is 5.02 Å². The van der Waals surface area contributed by atoms with Crippen molar-refractivity contribution < 1.29 is 14.3 Å². The van der Waals surface area contributed by atoms with Gasteiger partial charge in [-0.1, -0.05) is 18.5 Å². The molecule has 0 spiro atoms. The normalized spacial score (nSPS) is 12.1. The van der Waals surface area contributed by atoms with Gasteiger partial charge in [-0.3, -0.25) is 0 Å². The summed E-state index contributed by atoms with van der Waals surface area (Å²) in [5, 5.41) is 14.0. The van der Waals surface area contributed by atoms with Gasteiger partial charge in [0.2, 0.25) is 0 Å². The van der Waals surface area contributed by atoms with Crippen LogP contribution in [0.4, 0.5) is 14.9 Å². The zero-order valence-corrected chi connectivity index (χ0v) is 12.0. The largest absolute Gasteiger partial charge is 0.396 e. The summed E-state index contributed by atoms with van der Waals surface area (Å²) >= 11 is 8.85. The highest BCUT2D eigenvalue weighted by atomic mass is 79.9. The van der Waals surface area contributed by atoms with Gasteiger partial charge in [0.1, 0.15) is 5.82 Å². The molecule has 4 nitrogen and oxygen atoms in total. The number of halogens is 3. The van der Waals surface area contributed by atoms with Crippen LogP contribution in [0.1, 0.15) is 6.92 Å². The Morgan fingerprint density at radius 2 is 2.28 bits per heavy atom. The van der Waals surface area contributed by atoms with Crippen LogP contribution in [0, 0.1) is 11.7 Å². The van der Waals surface area contributed by atoms with Gasteiger partial charge < -0.3 is 15.7 Å². The molecule has 7 heteroatoms. The topological polar surface area (TPSA) is 61.4 Å². The number of aliphatic hydroxyl groups is 1. The number of aliphatic hydroxyl groups excluding tert-OH is 1. The summed E-state index contributed by atoms with van der Waals surface area (Å²) in [6.45, 7) is 2.08. The second-order valence-corrected chi connectivity index (χ2v) is 5.13. The van der Waals surface area contributed by atoms with E-state index in [1.165, 1.54) is 6.07 Å². The molecular formula is C11H13BrClFN2O2. The second-order valence-electron chi connectivity index (χ2n) is 3.87. The molecule has 1 atom stereocenters. The standard InChI is InChI=1S/C11H13BrClFN2O2/c1-6(5-17)4-15-11(18)16-10-3-9(14)7(12)2-8(10)13/h2-3,6,17H,4-5H2,1H3,(H2,15,16,18). The van der Waals surface area contributed by atoms with Crippen molar-refractivity contribution in [2.45, 2.75) is 6.92 Å². The van der Waals surface area contributed by atoms with Crippen molar-refractivity contribution in [2.24, 2.45) is 5.92 Å². The Labute approximate surface area is 118 Å². The van der Waals surface area contributed by atoms with Crippen LogP contribution in [0.15, 0.2) is 16.6 Å². The molecule has 0 saturated carbocycles. The molecule has 0 aromatic heterocycles. The maximum atomic E-state index is 13.3. The fourth-order valence-corrected chi connectivity index (χ4v) is 1.80. The first-order valence-corrected chi connectivity index (χ1v) is 6.41. The number of hydrogen-bond donors (Lipinski definition) is 3. The molecule has 3 N–H and O–H groups in total. The predicted octanol–water partition coefficient (Wildman–Crippen LogP) is 2.99. The SMILES string of the molecule is CC(CO)CNC(=O)Nc1cc(F)c(Br)cc1Cl. The summed E-state index contributed by atoms with van der Waals surface area (Å²) in [5.41, 5.74) is 0.187. The number of benzene rings is 1. The average Bonchev–Trinajstić information content (AvgIpc) is 2.33. The van der Waals surface area contributed by atoms with Crippen molar-refractivity contribution >= 4 is 39.2 Å². The molecule has 0 heterocycles. The number of urea groups is 1. The van der Waals surface area contributed by atoms with Gasteiger partial charge in [-0.15, -0.1) is 0 Å². The van der Waals surface area contributed by atoms with E-state index in [2.05, 4.69) is 26.6 Å². The third-order valence-corrected chi connectivity index (χ3v) is 3.10. The lowest BCUT2D eigenvalue weighted by Crippen LogP contribution is -2.33. The number of nitrogens with one attached hydrogen (secondary N) is 2. The van der Waals surface area contributed by atoms with Gasteiger partial charge in [-0.2, -0.15) is 0 Å². The van der Waals surface area contributed by atoms with E-state index in [0.29, 0.717) is 6.54 Å². The van der Waals surface area contributed by atoms with E-state index in [0.717, 1.165) is 6.07 Å². The highest BCUT2D eigenvalue weighted by Crippen LogP contribution is 2.28. The van der Waals surface area contributed by atoms with Gasteiger partial charge in [0.15, 0.2) is 0 Å². The fourth-order valence-electron chi connectivity index (χ4n) is 1.12. The maximum Gasteiger partial charge on any atom is 0.319 e. The molecule has 0 radical (unpaired) electrons. The number of carbonyl (C=O) groups is 1. The van der Waals surface area contributed by atoms with Gasteiger partial charge in [-0.25, -0.2) is 9.18 Å². The molecule has 2 amide bonds. The molecule has 1 aromatic rings. The van der Waals surface area contributed by atoms with E-state index in [-0.39, 0.29) is 27.7 Å². The minimum absolute atomic E-state index is 0.0199. The molecular weight excluding hydrogens is 326 g/mol. The molecule has 0 bridgehead atoms. The Bertz CT molecular complexity index is 445. The molecule has 0 saturated heterocycles. The lowest BCUT2D eigenvalue weighted by Gasteiger charge is -2.12. The van der Waals surface area contributed by atoms with E-state index in [1.807, 2.05) is 0 Å². The van der Waals surface area contributed by atoms with Crippen molar-refractivity contribution in [3.8, 4) is 0 Å². The Morgan fingerprint density at radius 3 is 2.89 bits per heavy atom. The lowest BCUT2D eigenvalue weighted by atomic mass is 10.2. The van der Waals surface area contributed by atoms with Crippen molar-refractivity contribution in [3.63, 3.8) is 0 Å². The number of anilines is 1. The van der Waals surface area contributed by atoms with Gasteiger partial charge in [0, 0.05) is 19.2 Å².